The van der Waals surface area contributed by atoms with Crippen LogP contribution in [-0.4, -0.2) is 50.8 Å². The Bertz CT molecular complexity index is 803. The first-order valence-corrected chi connectivity index (χ1v) is 7.75. The molecular weight excluding hydrogens is 292 g/mol. The first kappa shape index (κ1) is 14.1. The van der Waals surface area contributed by atoms with Crippen molar-refractivity contribution < 1.29 is 4.74 Å². The van der Waals surface area contributed by atoms with Crippen molar-refractivity contribution in [3.63, 3.8) is 0 Å². The summed E-state index contributed by atoms with van der Waals surface area (Å²) in [6.45, 7) is 4.98. The topological polar surface area (TPSA) is 69.0 Å². The fourth-order valence-corrected chi connectivity index (χ4v) is 2.89. The van der Waals surface area contributed by atoms with Crippen LogP contribution in [0.4, 0.5) is 5.82 Å². The third kappa shape index (κ3) is 2.63. The third-order valence-electron chi connectivity index (χ3n) is 4.10. The minimum absolute atomic E-state index is 0.265. The van der Waals surface area contributed by atoms with Crippen molar-refractivity contribution in [1.29, 1.82) is 0 Å². The number of ether oxygens (including phenoxy) is 1. The van der Waals surface area contributed by atoms with Gasteiger partial charge in [-0.1, -0.05) is 35.5 Å². The standard InChI is InChI=1S/C16H18N6O/c1-12-10-23-8-7-21(12)15-14-16(18-11-17-15)22(20-19-14)9-13-5-3-2-4-6-13/h2-6,11-12H,7-10H2,1H3/t12-/m0/s1. The molecule has 0 saturated carbocycles. The summed E-state index contributed by atoms with van der Waals surface area (Å²) in [4.78, 5) is 11.0. The second-order valence-corrected chi connectivity index (χ2v) is 5.72. The van der Waals surface area contributed by atoms with E-state index in [-0.39, 0.29) is 6.04 Å². The summed E-state index contributed by atoms with van der Waals surface area (Å²) in [5.41, 5.74) is 2.67. The SMILES string of the molecule is C[C@H]1COCCN1c1ncnc2c1nnn2Cc1ccccc1. The van der Waals surface area contributed by atoms with Gasteiger partial charge in [0.15, 0.2) is 17.0 Å². The van der Waals surface area contributed by atoms with Crippen molar-refractivity contribution in [2.24, 2.45) is 0 Å². The molecule has 1 fully saturated rings. The van der Waals surface area contributed by atoms with Gasteiger partial charge >= 0.3 is 0 Å². The van der Waals surface area contributed by atoms with Crippen molar-refractivity contribution in [3.05, 3.63) is 42.2 Å². The molecule has 0 amide bonds. The molecule has 118 valence electrons. The molecule has 0 N–H and O–H groups in total. The highest BCUT2D eigenvalue weighted by atomic mass is 16.5. The number of anilines is 1. The van der Waals surface area contributed by atoms with Crippen LogP contribution in [-0.2, 0) is 11.3 Å². The van der Waals surface area contributed by atoms with Crippen LogP contribution in [0, 0.1) is 0 Å². The van der Waals surface area contributed by atoms with Crippen LogP contribution in [0.25, 0.3) is 11.2 Å². The molecule has 0 aliphatic carbocycles. The van der Waals surface area contributed by atoms with E-state index in [2.05, 4.69) is 44.2 Å². The molecule has 3 heterocycles. The predicted molar refractivity (Wildman–Crippen MR) is 86.3 cm³/mol. The molecule has 4 rings (SSSR count). The second kappa shape index (κ2) is 5.92. The first-order valence-electron chi connectivity index (χ1n) is 7.75. The Morgan fingerprint density at radius 3 is 2.91 bits per heavy atom. The normalized spacial score (nSPS) is 18.5. The number of aromatic nitrogens is 5. The quantitative estimate of drug-likeness (QED) is 0.730. The van der Waals surface area contributed by atoms with Crippen LogP contribution < -0.4 is 4.90 Å². The number of hydrogen-bond donors (Lipinski definition) is 0. The first-order chi connectivity index (χ1) is 11.3. The number of nitrogens with zero attached hydrogens (tertiary/aromatic N) is 6. The van der Waals surface area contributed by atoms with Gasteiger partial charge in [-0.15, -0.1) is 5.10 Å². The maximum Gasteiger partial charge on any atom is 0.184 e. The van der Waals surface area contributed by atoms with Crippen LogP contribution in [0.1, 0.15) is 12.5 Å². The third-order valence-corrected chi connectivity index (χ3v) is 4.10. The summed E-state index contributed by atoms with van der Waals surface area (Å²) in [7, 11) is 0. The van der Waals surface area contributed by atoms with Crippen molar-refractivity contribution in [1.82, 2.24) is 25.0 Å². The molecule has 1 aliphatic rings. The van der Waals surface area contributed by atoms with Crippen molar-refractivity contribution in [2.75, 3.05) is 24.7 Å². The molecular formula is C16H18N6O. The summed E-state index contributed by atoms with van der Waals surface area (Å²) in [5, 5.41) is 8.61. The minimum Gasteiger partial charge on any atom is -0.377 e. The highest BCUT2D eigenvalue weighted by Crippen LogP contribution is 2.24. The molecule has 23 heavy (non-hydrogen) atoms. The van der Waals surface area contributed by atoms with Gasteiger partial charge in [0.25, 0.3) is 0 Å². The van der Waals surface area contributed by atoms with Gasteiger partial charge in [0.2, 0.25) is 0 Å². The number of benzene rings is 1. The van der Waals surface area contributed by atoms with Crippen molar-refractivity contribution in [2.45, 2.75) is 19.5 Å². The minimum atomic E-state index is 0.265. The summed E-state index contributed by atoms with van der Waals surface area (Å²) >= 11 is 0. The highest BCUT2D eigenvalue weighted by molar-refractivity contribution is 5.82. The van der Waals surface area contributed by atoms with E-state index in [1.165, 1.54) is 5.56 Å². The lowest BCUT2D eigenvalue weighted by Gasteiger charge is -2.33. The lowest BCUT2D eigenvalue weighted by atomic mass is 10.2. The zero-order chi connectivity index (χ0) is 15.6. The molecule has 3 aromatic rings. The Hall–Kier alpha value is -2.54. The van der Waals surface area contributed by atoms with E-state index in [0.29, 0.717) is 19.8 Å². The molecule has 1 atom stereocenters. The van der Waals surface area contributed by atoms with E-state index in [1.54, 1.807) is 6.33 Å². The van der Waals surface area contributed by atoms with Crippen LogP contribution >= 0.6 is 0 Å². The lowest BCUT2D eigenvalue weighted by molar-refractivity contribution is 0.0986. The van der Waals surface area contributed by atoms with Crippen LogP contribution in [0.5, 0.6) is 0 Å². The largest absolute Gasteiger partial charge is 0.377 e. The van der Waals surface area contributed by atoms with Crippen LogP contribution in [0.15, 0.2) is 36.7 Å². The van der Waals surface area contributed by atoms with Crippen LogP contribution in [0.2, 0.25) is 0 Å². The Kier molecular flexibility index (Phi) is 3.63. The Morgan fingerprint density at radius 1 is 1.22 bits per heavy atom. The molecule has 1 saturated heterocycles. The number of rotatable bonds is 3. The van der Waals surface area contributed by atoms with E-state index in [9.17, 15) is 0 Å². The molecule has 0 unspecified atom stereocenters. The fraction of sp³-hybridized carbons (Fsp3) is 0.375. The average Bonchev–Trinajstić information content (AvgIpc) is 3.00. The molecule has 7 nitrogen and oxygen atoms in total. The number of fused-ring (bicyclic) bond motifs is 1. The highest BCUT2D eigenvalue weighted by Gasteiger charge is 2.24. The zero-order valence-corrected chi connectivity index (χ0v) is 13.0. The monoisotopic (exact) mass is 310 g/mol. The smallest absolute Gasteiger partial charge is 0.184 e. The van der Waals surface area contributed by atoms with Gasteiger partial charge in [-0.2, -0.15) is 0 Å². The van der Waals surface area contributed by atoms with E-state index >= 15 is 0 Å². The summed E-state index contributed by atoms with van der Waals surface area (Å²) in [5.74, 6) is 0.838. The van der Waals surface area contributed by atoms with Gasteiger partial charge in [0, 0.05) is 6.54 Å². The fourth-order valence-electron chi connectivity index (χ4n) is 2.89. The average molecular weight is 310 g/mol. The lowest BCUT2D eigenvalue weighted by Crippen LogP contribution is -2.44. The molecule has 1 aromatic carbocycles. The Labute approximate surface area is 133 Å². The number of morpholine rings is 1. The van der Waals surface area contributed by atoms with E-state index in [0.717, 1.165) is 23.5 Å². The molecule has 2 aromatic heterocycles. The Morgan fingerprint density at radius 2 is 2.09 bits per heavy atom. The molecule has 0 radical (unpaired) electrons. The second-order valence-electron chi connectivity index (χ2n) is 5.72. The summed E-state index contributed by atoms with van der Waals surface area (Å²) in [6.07, 6.45) is 1.59. The predicted octanol–water partition coefficient (Wildman–Crippen LogP) is 1.49. The zero-order valence-electron chi connectivity index (χ0n) is 13.0. The Balaban J connectivity index is 1.71. The molecule has 7 heteroatoms. The van der Waals surface area contributed by atoms with Gasteiger partial charge in [-0.05, 0) is 12.5 Å². The maximum absolute atomic E-state index is 5.50. The van der Waals surface area contributed by atoms with Gasteiger partial charge in [-0.25, -0.2) is 14.6 Å². The van der Waals surface area contributed by atoms with E-state index in [4.69, 9.17) is 4.74 Å². The van der Waals surface area contributed by atoms with Gasteiger partial charge in [-0.3, -0.25) is 0 Å². The van der Waals surface area contributed by atoms with Crippen molar-refractivity contribution in [3.8, 4) is 0 Å². The van der Waals surface area contributed by atoms with Gasteiger partial charge in [0.1, 0.15) is 6.33 Å². The van der Waals surface area contributed by atoms with E-state index < -0.39 is 0 Å². The maximum atomic E-state index is 5.50. The van der Waals surface area contributed by atoms with Gasteiger partial charge in [0.05, 0.1) is 25.8 Å². The summed E-state index contributed by atoms with van der Waals surface area (Å²) < 4.78 is 7.32. The van der Waals surface area contributed by atoms with Gasteiger partial charge < -0.3 is 9.64 Å². The van der Waals surface area contributed by atoms with Crippen molar-refractivity contribution >= 4 is 17.0 Å². The molecule has 1 aliphatic heterocycles. The molecule has 0 bridgehead atoms. The van der Waals surface area contributed by atoms with E-state index in [1.807, 2.05) is 22.9 Å². The molecule has 0 spiro atoms. The number of hydrogen-bond acceptors (Lipinski definition) is 6. The van der Waals surface area contributed by atoms with Crippen LogP contribution in [0.3, 0.4) is 0 Å². The summed E-state index contributed by atoms with van der Waals surface area (Å²) in [6, 6.07) is 10.4.